The maximum atomic E-state index is 12.5. The van der Waals surface area contributed by atoms with Gasteiger partial charge in [-0.25, -0.2) is 9.59 Å². The van der Waals surface area contributed by atoms with Gasteiger partial charge in [0, 0.05) is 29.4 Å². The first-order valence-electron chi connectivity index (χ1n) is 10.9. The second kappa shape index (κ2) is 9.81. The van der Waals surface area contributed by atoms with Crippen LogP contribution in [0.25, 0.3) is 22.0 Å². The molecule has 3 N–H and O–H groups in total. The van der Waals surface area contributed by atoms with Gasteiger partial charge in [0.05, 0.1) is 5.69 Å². The lowest BCUT2D eigenvalue weighted by atomic mass is 9.98. The Balaban J connectivity index is 2.08. The second-order valence-electron chi connectivity index (χ2n) is 8.96. The Morgan fingerprint density at radius 2 is 1.85 bits per heavy atom. The number of carbonyl (C=O) groups excluding carboxylic acids is 2. The predicted molar refractivity (Wildman–Crippen MR) is 129 cm³/mol. The molecule has 3 amide bonds. The van der Waals surface area contributed by atoms with Crippen LogP contribution in [-0.2, 0) is 11.2 Å². The zero-order chi connectivity index (χ0) is 24.2. The van der Waals surface area contributed by atoms with E-state index in [1.165, 1.54) is 0 Å². The summed E-state index contributed by atoms with van der Waals surface area (Å²) in [6, 6.07) is 7.06. The van der Waals surface area contributed by atoms with Crippen LogP contribution in [0, 0.1) is 0 Å². The number of ether oxygens (including phenoxy) is 1. The van der Waals surface area contributed by atoms with E-state index in [4.69, 9.17) is 4.74 Å². The highest BCUT2D eigenvalue weighted by Gasteiger charge is 2.19. The number of pyridine rings is 1. The van der Waals surface area contributed by atoms with Crippen molar-refractivity contribution in [2.24, 2.45) is 0 Å². The van der Waals surface area contributed by atoms with Gasteiger partial charge >= 0.3 is 12.1 Å². The molecular weight excluding hydrogens is 420 g/mol. The van der Waals surface area contributed by atoms with Gasteiger partial charge in [0.15, 0.2) is 5.82 Å². The Hall–Kier alpha value is -3.75. The molecule has 1 aromatic carbocycles. The van der Waals surface area contributed by atoms with Gasteiger partial charge in [-0.1, -0.05) is 6.92 Å². The third kappa shape index (κ3) is 6.38. The zero-order valence-electron chi connectivity index (χ0n) is 19.8. The van der Waals surface area contributed by atoms with Crippen LogP contribution in [0.2, 0.25) is 0 Å². The number of anilines is 2. The number of urea groups is 1. The molecule has 2 aromatic heterocycles. The molecule has 174 valence electrons. The molecule has 0 saturated heterocycles. The van der Waals surface area contributed by atoms with Crippen molar-refractivity contribution in [3.63, 3.8) is 0 Å². The minimum Gasteiger partial charge on any atom is -0.444 e. The van der Waals surface area contributed by atoms with Crippen LogP contribution in [0.5, 0.6) is 0 Å². The predicted octanol–water partition coefficient (Wildman–Crippen LogP) is 5.13. The lowest BCUT2D eigenvalue weighted by molar-refractivity contribution is 0.0636. The van der Waals surface area contributed by atoms with Crippen molar-refractivity contribution in [1.29, 1.82) is 0 Å². The number of hydrogen-bond acceptors (Lipinski definition) is 6. The standard InChI is InChI=1S/C24H30N6O3/c1-7-15-8-9-25-13-18(15)16-10-17-12-20(28-22(31)26-14(2)3)29-30-21(17)19(11-16)27-23(32)33-24(4,5)6/h8-14H,7H2,1-6H3,(H,27,32)(H2,26,28,29,31). The van der Waals surface area contributed by atoms with E-state index in [1.807, 2.05) is 32.0 Å². The van der Waals surface area contributed by atoms with Crippen LogP contribution in [0.3, 0.4) is 0 Å². The number of aryl methyl sites for hydroxylation is 1. The summed E-state index contributed by atoms with van der Waals surface area (Å²) in [6.45, 7) is 11.2. The van der Waals surface area contributed by atoms with Gasteiger partial charge in [-0.3, -0.25) is 15.6 Å². The van der Waals surface area contributed by atoms with Crippen molar-refractivity contribution in [1.82, 2.24) is 20.5 Å². The third-order valence-corrected chi connectivity index (χ3v) is 4.59. The minimum absolute atomic E-state index is 0.0207. The topological polar surface area (TPSA) is 118 Å². The monoisotopic (exact) mass is 450 g/mol. The number of hydrogen-bond donors (Lipinski definition) is 3. The SMILES string of the molecule is CCc1ccncc1-c1cc(NC(=O)OC(C)(C)C)c2nnc(NC(=O)NC(C)C)cc2c1. The summed E-state index contributed by atoms with van der Waals surface area (Å²) in [6.07, 6.45) is 3.77. The normalized spacial score (nSPS) is 11.4. The summed E-state index contributed by atoms with van der Waals surface area (Å²) in [4.78, 5) is 28.9. The number of amides is 3. The fourth-order valence-corrected chi connectivity index (χ4v) is 3.29. The number of nitrogens with zero attached hydrogens (tertiary/aromatic N) is 3. The first-order valence-corrected chi connectivity index (χ1v) is 10.9. The molecule has 2 heterocycles. The molecule has 3 aromatic rings. The molecule has 0 unspecified atom stereocenters. The molecule has 0 atom stereocenters. The van der Waals surface area contributed by atoms with Gasteiger partial charge in [0.2, 0.25) is 0 Å². The number of rotatable bonds is 5. The van der Waals surface area contributed by atoms with E-state index in [2.05, 4.69) is 38.1 Å². The van der Waals surface area contributed by atoms with Crippen LogP contribution in [0.4, 0.5) is 21.1 Å². The molecule has 9 heteroatoms. The van der Waals surface area contributed by atoms with E-state index in [9.17, 15) is 9.59 Å². The summed E-state index contributed by atoms with van der Waals surface area (Å²) in [5.74, 6) is 0.294. The summed E-state index contributed by atoms with van der Waals surface area (Å²) < 4.78 is 5.42. The van der Waals surface area contributed by atoms with Crippen molar-refractivity contribution in [2.45, 2.75) is 59.6 Å². The van der Waals surface area contributed by atoms with Crippen LogP contribution >= 0.6 is 0 Å². The highest BCUT2D eigenvalue weighted by molar-refractivity contribution is 6.02. The Labute approximate surface area is 193 Å². The first kappa shape index (κ1) is 23.9. The molecule has 0 radical (unpaired) electrons. The largest absolute Gasteiger partial charge is 0.444 e. The number of aromatic nitrogens is 3. The fraction of sp³-hybridized carbons (Fsp3) is 0.375. The molecule has 0 fully saturated rings. The fourth-order valence-electron chi connectivity index (χ4n) is 3.29. The summed E-state index contributed by atoms with van der Waals surface area (Å²) in [5, 5.41) is 17.3. The van der Waals surface area contributed by atoms with Crippen molar-refractivity contribution in [3.8, 4) is 11.1 Å². The van der Waals surface area contributed by atoms with E-state index in [0.29, 0.717) is 22.4 Å². The van der Waals surface area contributed by atoms with E-state index < -0.39 is 11.7 Å². The first-order chi connectivity index (χ1) is 15.6. The van der Waals surface area contributed by atoms with Crippen molar-refractivity contribution in [2.75, 3.05) is 10.6 Å². The Kier molecular flexibility index (Phi) is 7.10. The molecule has 0 spiro atoms. The van der Waals surface area contributed by atoms with Gasteiger partial charge < -0.3 is 10.1 Å². The van der Waals surface area contributed by atoms with Crippen LogP contribution in [-0.4, -0.2) is 38.9 Å². The maximum absolute atomic E-state index is 12.5. The lowest BCUT2D eigenvalue weighted by Crippen LogP contribution is -2.34. The van der Waals surface area contributed by atoms with Crippen molar-refractivity contribution < 1.29 is 14.3 Å². The minimum atomic E-state index is -0.650. The summed E-state index contributed by atoms with van der Waals surface area (Å²) >= 11 is 0. The van der Waals surface area contributed by atoms with Crippen LogP contribution in [0.15, 0.2) is 36.7 Å². The molecule has 0 saturated carbocycles. The van der Waals surface area contributed by atoms with E-state index >= 15 is 0 Å². The second-order valence-corrected chi connectivity index (χ2v) is 8.96. The Morgan fingerprint density at radius 3 is 2.52 bits per heavy atom. The Bertz CT molecular complexity index is 1170. The molecule has 33 heavy (non-hydrogen) atoms. The zero-order valence-corrected chi connectivity index (χ0v) is 19.8. The van der Waals surface area contributed by atoms with Gasteiger partial charge in [-0.2, -0.15) is 0 Å². The quantitative estimate of drug-likeness (QED) is 0.496. The molecule has 0 aliphatic rings. The number of benzene rings is 1. The highest BCUT2D eigenvalue weighted by atomic mass is 16.6. The average Bonchev–Trinajstić information content (AvgIpc) is 2.71. The summed E-state index contributed by atoms with van der Waals surface area (Å²) in [7, 11) is 0. The molecule has 0 aliphatic carbocycles. The van der Waals surface area contributed by atoms with Gasteiger partial charge in [-0.15, -0.1) is 10.2 Å². The highest BCUT2D eigenvalue weighted by Crippen LogP contribution is 2.32. The van der Waals surface area contributed by atoms with Crippen LogP contribution in [0.1, 0.15) is 47.1 Å². The number of nitrogens with one attached hydrogen (secondary N) is 3. The molecule has 9 nitrogen and oxygen atoms in total. The average molecular weight is 451 g/mol. The van der Waals surface area contributed by atoms with E-state index in [0.717, 1.165) is 23.1 Å². The van der Waals surface area contributed by atoms with Gasteiger partial charge in [0.25, 0.3) is 0 Å². The van der Waals surface area contributed by atoms with Crippen LogP contribution < -0.4 is 16.0 Å². The van der Waals surface area contributed by atoms with Crippen molar-refractivity contribution >= 4 is 34.5 Å². The van der Waals surface area contributed by atoms with E-state index in [1.54, 1.807) is 39.2 Å². The smallest absolute Gasteiger partial charge is 0.412 e. The number of carbonyl (C=O) groups is 2. The van der Waals surface area contributed by atoms with E-state index in [-0.39, 0.29) is 12.1 Å². The third-order valence-electron chi connectivity index (χ3n) is 4.59. The molecular formula is C24H30N6O3. The molecule has 3 rings (SSSR count). The maximum Gasteiger partial charge on any atom is 0.412 e. The van der Waals surface area contributed by atoms with Gasteiger partial charge in [-0.05, 0) is 76.4 Å². The Morgan fingerprint density at radius 1 is 1.09 bits per heavy atom. The van der Waals surface area contributed by atoms with Crippen molar-refractivity contribution in [3.05, 3.63) is 42.2 Å². The molecule has 0 aliphatic heterocycles. The molecule has 0 bridgehead atoms. The lowest BCUT2D eigenvalue weighted by Gasteiger charge is -2.20. The number of fused-ring (bicyclic) bond motifs is 1. The summed E-state index contributed by atoms with van der Waals surface area (Å²) in [5.41, 5.74) is 3.18. The van der Waals surface area contributed by atoms with Gasteiger partial charge in [0.1, 0.15) is 11.1 Å².